The molecular formula is C20H26N6O3. The number of Topliss-reactive ketones (excluding diaryl/α,β-unsaturated/α-hetero) is 1. The number of ketones is 1. The van der Waals surface area contributed by atoms with Gasteiger partial charge in [0.1, 0.15) is 12.1 Å². The second-order valence-corrected chi connectivity index (χ2v) is 7.76. The molecule has 0 aromatic carbocycles. The molecule has 1 aliphatic rings. The van der Waals surface area contributed by atoms with E-state index < -0.39 is 23.1 Å². The van der Waals surface area contributed by atoms with Crippen molar-refractivity contribution >= 4 is 23.4 Å². The summed E-state index contributed by atoms with van der Waals surface area (Å²) < 4.78 is 1.55. The van der Waals surface area contributed by atoms with Gasteiger partial charge in [0.2, 0.25) is 0 Å². The largest absolute Gasteiger partial charge is 0.366 e. The Morgan fingerprint density at radius 2 is 1.86 bits per heavy atom. The molecule has 3 heterocycles. The summed E-state index contributed by atoms with van der Waals surface area (Å²) in [5.74, 6) is -1.11. The molecule has 0 saturated carbocycles. The van der Waals surface area contributed by atoms with Gasteiger partial charge in [0.25, 0.3) is 17.6 Å². The van der Waals surface area contributed by atoms with Crippen LogP contribution in [0, 0.1) is 13.8 Å². The van der Waals surface area contributed by atoms with Gasteiger partial charge in [-0.3, -0.25) is 14.4 Å². The number of hydrogen-bond donors (Lipinski definition) is 2. The van der Waals surface area contributed by atoms with E-state index in [1.807, 2.05) is 13.0 Å². The van der Waals surface area contributed by atoms with E-state index in [1.54, 1.807) is 31.7 Å². The van der Waals surface area contributed by atoms with E-state index >= 15 is 0 Å². The van der Waals surface area contributed by atoms with E-state index in [0.29, 0.717) is 37.2 Å². The van der Waals surface area contributed by atoms with Gasteiger partial charge in [-0.1, -0.05) is 0 Å². The molecule has 154 valence electrons. The number of anilines is 1. The first-order valence-corrected chi connectivity index (χ1v) is 9.48. The summed E-state index contributed by atoms with van der Waals surface area (Å²) >= 11 is 0. The number of amides is 2. The standard InChI is InChI=1S/C20H26N6O3/c1-12-15(18(21)28)13(2)25(4)16(12)17(27)19(29)24-20(3)6-9-26(10-7-20)14-5-8-22-11-23-14/h5,8,11H,6-7,9-10H2,1-4H3,(H2,21,28)(H,24,29). The predicted molar refractivity (Wildman–Crippen MR) is 108 cm³/mol. The molecule has 0 unspecified atom stereocenters. The summed E-state index contributed by atoms with van der Waals surface area (Å²) in [6.45, 7) is 6.68. The highest BCUT2D eigenvalue weighted by Crippen LogP contribution is 2.26. The smallest absolute Gasteiger partial charge is 0.294 e. The SMILES string of the molecule is Cc1c(C(N)=O)c(C)n(C)c1C(=O)C(=O)NC1(C)CCN(c2ccncn2)CC1. The number of nitrogens with one attached hydrogen (secondary N) is 1. The molecule has 0 radical (unpaired) electrons. The lowest BCUT2D eigenvalue weighted by Crippen LogP contribution is -2.55. The number of primary amides is 1. The van der Waals surface area contributed by atoms with Gasteiger partial charge in [-0.25, -0.2) is 9.97 Å². The third kappa shape index (κ3) is 3.85. The Morgan fingerprint density at radius 1 is 1.21 bits per heavy atom. The van der Waals surface area contributed by atoms with Gasteiger partial charge in [0, 0.05) is 37.6 Å². The highest BCUT2D eigenvalue weighted by Gasteiger charge is 2.35. The first kappa shape index (κ1) is 20.5. The van der Waals surface area contributed by atoms with Crippen molar-refractivity contribution in [3.63, 3.8) is 0 Å². The van der Waals surface area contributed by atoms with Crippen LogP contribution in [-0.4, -0.2) is 50.8 Å². The maximum Gasteiger partial charge on any atom is 0.294 e. The van der Waals surface area contributed by atoms with Crippen LogP contribution < -0.4 is 16.0 Å². The number of carbonyl (C=O) groups is 3. The van der Waals surface area contributed by atoms with Crippen LogP contribution in [0.4, 0.5) is 5.82 Å². The zero-order chi connectivity index (χ0) is 21.3. The number of rotatable bonds is 5. The average molecular weight is 398 g/mol. The first-order valence-electron chi connectivity index (χ1n) is 9.48. The number of nitrogens with zero attached hydrogens (tertiary/aromatic N) is 4. The van der Waals surface area contributed by atoms with Gasteiger partial charge < -0.3 is 20.5 Å². The molecule has 0 atom stereocenters. The molecule has 0 bridgehead atoms. The number of aromatic nitrogens is 3. The van der Waals surface area contributed by atoms with Gasteiger partial charge >= 0.3 is 0 Å². The number of piperidine rings is 1. The summed E-state index contributed by atoms with van der Waals surface area (Å²) in [7, 11) is 1.65. The van der Waals surface area contributed by atoms with Crippen LogP contribution in [0.3, 0.4) is 0 Å². The molecule has 3 N–H and O–H groups in total. The molecule has 1 fully saturated rings. The van der Waals surface area contributed by atoms with Gasteiger partial charge in [-0.2, -0.15) is 0 Å². The maximum absolute atomic E-state index is 12.9. The summed E-state index contributed by atoms with van der Waals surface area (Å²) in [4.78, 5) is 47.6. The fourth-order valence-corrected chi connectivity index (χ4v) is 3.93. The summed E-state index contributed by atoms with van der Waals surface area (Å²) in [6.07, 6.45) is 4.55. The lowest BCUT2D eigenvalue weighted by molar-refractivity contribution is -0.118. The van der Waals surface area contributed by atoms with E-state index in [1.165, 1.54) is 6.33 Å². The van der Waals surface area contributed by atoms with Crippen molar-refractivity contribution < 1.29 is 14.4 Å². The second kappa shape index (κ2) is 7.65. The van der Waals surface area contributed by atoms with Crippen molar-refractivity contribution in [2.24, 2.45) is 12.8 Å². The molecule has 2 amide bonds. The molecule has 0 aliphatic carbocycles. The van der Waals surface area contributed by atoms with Crippen LogP contribution >= 0.6 is 0 Å². The number of carbonyl (C=O) groups excluding carboxylic acids is 3. The Bertz CT molecular complexity index is 958. The molecule has 1 saturated heterocycles. The summed E-state index contributed by atoms with van der Waals surface area (Å²) in [6, 6.07) is 1.85. The van der Waals surface area contributed by atoms with Gasteiger partial charge in [-0.05, 0) is 45.2 Å². The van der Waals surface area contributed by atoms with E-state index in [4.69, 9.17) is 5.73 Å². The second-order valence-electron chi connectivity index (χ2n) is 7.76. The van der Waals surface area contributed by atoms with Gasteiger partial charge in [0.15, 0.2) is 0 Å². The van der Waals surface area contributed by atoms with Crippen LogP contribution in [0.15, 0.2) is 18.6 Å². The summed E-state index contributed by atoms with van der Waals surface area (Å²) in [5, 5.41) is 2.90. The molecule has 0 spiro atoms. The topological polar surface area (TPSA) is 123 Å². The fourth-order valence-electron chi connectivity index (χ4n) is 3.93. The Morgan fingerprint density at radius 3 is 2.38 bits per heavy atom. The number of hydrogen-bond acceptors (Lipinski definition) is 6. The minimum absolute atomic E-state index is 0.191. The Hall–Kier alpha value is -3.23. The third-order valence-corrected chi connectivity index (χ3v) is 5.77. The highest BCUT2D eigenvalue weighted by molar-refractivity contribution is 6.43. The monoisotopic (exact) mass is 398 g/mol. The van der Waals surface area contributed by atoms with E-state index in [0.717, 1.165) is 5.82 Å². The molecule has 29 heavy (non-hydrogen) atoms. The van der Waals surface area contributed by atoms with Crippen molar-refractivity contribution in [1.82, 2.24) is 19.9 Å². The van der Waals surface area contributed by atoms with Crippen LogP contribution in [0.1, 0.15) is 51.9 Å². The molecule has 1 aliphatic heterocycles. The Labute approximate surface area is 169 Å². The lowest BCUT2D eigenvalue weighted by atomic mass is 9.89. The van der Waals surface area contributed by atoms with Crippen LogP contribution in [-0.2, 0) is 11.8 Å². The predicted octanol–water partition coefficient (Wildman–Crippen LogP) is 0.889. The maximum atomic E-state index is 12.9. The molecular weight excluding hydrogens is 372 g/mol. The lowest BCUT2D eigenvalue weighted by Gasteiger charge is -2.40. The number of nitrogens with two attached hydrogens (primary N) is 1. The summed E-state index contributed by atoms with van der Waals surface area (Å²) in [5.41, 5.74) is 6.40. The normalized spacial score (nSPS) is 15.8. The molecule has 9 nitrogen and oxygen atoms in total. The molecule has 2 aromatic rings. The van der Waals surface area contributed by atoms with Crippen LogP contribution in [0.2, 0.25) is 0 Å². The van der Waals surface area contributed by atoms with E-state index in [2.05, 4.69) is 20.2 Å². The molecule has 2 aromatic heterocycles. The van der Waals surface area contributed by atoms with Crippen molar-refractivity contribution in [1.29, 1.82) is 0 Å². The van der Waals surface area contributed by atoms with Crippen molar-refractivity contribution in [3.05, 3.63) is 41.1 Å². The minimum Gasteiger partial charge on any atom is -0.366 e. The van der Waals surface area contributed by atoms with E-state index in [9.17, 15) is 14.4 Å². The van der Waals surface area contributed by atoms with Crippen LogP contribution in [0.5, 0.6) is 0 Å². The van der Waals surface area contributed by atoms with Gasteiger partial charge in [0.05, 0.1) is 11.3 Å². The minimum atomic E-state index is -0.678. The van der Waals surface area contributed by atoms with Crippen molar-refractivity contribution in [2.45, 2.75) is 39.2 Å². The van der Waals surface area contributed by atoms with Gasteiger partial charge in [-0.15, -0.1) is 0 Å². The zero-order valence-electron chi connectivity index (χ0n) is 17.2. The quantitative estimate of drug-likeness (QED) is 0.569. The molecule has 9 heteroatoms. The average Bonchev–Trinajstić information content (AvgIpc) is 2.91. The van der Waals surface area contributed by atoms with Crippen molar-refractivity contribution in [2.75, 3.05) is 18.0 Å². The highest BCUT2D eigenvalue weighted by atomic mass is 16.2. The van der Waals surface area contributed by atoms with Crippen LogP contribution in [0.25, 0.3) is 0 Å². The Kier molecular flexibility index (Phi) is 5.41. The Balaban J connectivity index is 1.72. The van der Waals surface area contributed by atoms with Crippen molar-refractivity contribution in [3.8, 4) is 0 Å². The molecule has 3 rings (SSSR count). The third-order valence-electron chi connectivity index (χ3n) is 5.77. The zero-order valence-corrected chi connectivity index (χ0v) is 17.2. The van der Waals surface area contributed by atoms with E-state index in [-0.39, 0.29) is 11.3 Å². The fraction of sp³-hybridized carbons (Fsp3) is 0.450. The first-order chi connectivity index (χ1) is 13.6.